The predicted molar refractivity (Wildman–Crippen MR) is 87.5 cm³/mol. The minimum absolute atomic E-state index is 0.0822. The summed E-state index contributed by atoms with van der Waals surface area (Å²) in [7, 11) is -3.09. The highest BCUT2D eigenvalue weighted by atomic mass is 35.5. The molecular formula is C13H19ClN2O3S2. The summed E-state index contributed by atoms with van der Waals surface area (Å²) in [6.07, 6.45) is 1.26. The summed E-state index contributed by atoms with van der Waals surface area (Å²) in [6, 6.07) is 6.65. The van der Waals surface area contributed by atoms with E-state index in [0.29, 0.717) is 17.3 Å². The van der Waals surface area contributed by atoms with Gasteiger partial charge in [-0.1, -0.05) is 11.6 Å². The van der Waals surface area contributed by atoms with E-state index in [2.05, 4.69) is 5.32 Å². The number of carbonyl (C=O) groups is 1. The van der Waals surface area contributed by atoms with Crippen LogP contribution in [0.3, 0.4) is 0 Å². The van der Waals surface area contributed by atoms with E-state index in [9.17, 15) is 13.2 Å². The van der Waals surface area contributed by atoms with Gasteiger partial charge in [-0.25, -0.2) is 8.42 Å². The third kappa shape index (κ3) is 8.31. The highest BCUT2D eigenvalue weighted by Gasteiger charge is 2.15. The molecule has 0 bridgehead atoms. The van der Waals surface area contributed by atoms with Gasteiger partial charge in [0.25, 0.3) is 0 Å². The second-order valence-corrected chi connectivity index (χ2v) is 8.48. The number of hydrogen-bond acceptors (Lipinski definition) is 5. The molecular weight excluding hydrogens is 332 g/mol. The van der Waals surface area contributed by atoms with Crippen molar-refractivity contribution >= 4 is 39.1 Å². The minimum Gasteiger partial charge on any atom is -0.354 e. The second-order valence-electron chi connectivity index (χ2n) is 4.62. The third-order valence-electron chi connectivity index (χ3n) is 2.62. The first-order valence-corrected chi connectivity index (χ1v) is 9.80. The number of amides is 1. The smallest absolute Gasteiger partial charge is 0.236 e. The number of benzene rings is 1. The molecule has 0 spiro atoms. The van der Waals surface area contributed by atoms with Gasteiger partial charge in [0.1, 0.15) is 9.84 Å². The van der Waals surface area contributed by atoms with E-state index in [1.807, 2.05) is 24.3 Å². The molecule has 118 valence electrons. The maximum Gasteiger partial charge on any atom is 0.236 e. The molecule has 0 radical (unpaired) electrons. The Labute approximate surface area is 134 Å². The van der Waals surface area contributed by atoms with Crippen molar-refractivity contribution < 1.29 is 13.2 Å². The van der Waals surface area contributed by atoms with Crippen molar-refractivity contribution in [2.24, 2.45) is 5.73 Å². The van der Waals surface area contributed by atoms with Gasteiger partial charge in [0.2, 0.25) is 5.91 Å². The SMILES string of the molecule is CS(=O)(=O)CCC(N)C(=O)NCCSc1ccc(Cl)cc1. The Morgan fingerprint density at radius 2 is 2.00 bits per heavy atom. The molecule has 0 saturated carbocycles. The standard InChI is InChI=1S/C13H19ClN2O3S2/c1-21(18,19)9-6-12(15)13(17)16-7-8-20-11-4-2-10(14)3-5-11/h2-5,12H,6-9,15H2,1H3,(H,16,17). The molecule has 0 heterocycles. The fraction of sp³-hybridized carbons (Fsp3) is 0.462. The highest BCUT2D eigenvalue weighted by molar-refractivity contribution is 7.99. The first kappa shape index (κ1) is 18.3. The van der Waals surface area contributed by atoms with Crippen LogP contribution in [0.25, 0.3) is 0 Å². The van der Waals surface area contributed by atoms with Crippen LogP contribution < -0.4 is 11.1 Å². The van der Waals surface area contributed by atoms with Crippen LogP contribution in [0.4, 0.5) is 0 Å². The lowest BCUT2D eigenvalue weighted by molar-refractivity contribution is -0.122. The van der Waals surface area contributed by atoms with Gasteiger partial charge in [-0.2, -0.15) is 0 Å². The van der Waals surface area contributed by atoms with Gasteiger partial charge in [0.15, 0.2) is 0 Å². The Hall–Kier alpha value is -0.760. The molecule has 1 aromatic carbocycles. The lowest BCUT2D eigenvalue weighted by atomic mass is 10.2. The zero-order valence-electron chi connectivity index (χ0n) is 11.7. The van der Waals surface area contributed by atoms with Crippen LogP contribution in [0.2, 0.25) is 5.02 Å². The Morgan fingerprint density at radius 1 is 1.38 bits per heavy atom. The monoisotopic (exact) mass is 350 g/mol. The van der Waals surface area contributed by atoms with Crippen LogP contribution in [0.1, 0.15) is 6.42 Å². The summed E-state index contributed by atoms with van der Waals surface area (Å²) in [5.41, 5.74) is 5.64. The minimum atomic E-state index is -3.09. The summed E-state index contributed by atoms with van der Waals surface area (Å²) < 4.78 is 22.0. The van der Waals surface area contributed by atoms with E-state index in [1.54, 1.807) is 11.8 Å². The first-order chi connectivity index (χ1) is 9.78. The van der Waals surface area contributed by atoms with E-state index >= 15 is 0 Å². The molecule has 21 heavy (non-hydrogen) atoms. The van der Waals surface area contributed by atoms with Crippen molar-refractivity contribution in [3.63, 3.8) is 0 Å². The maximum absolute atomic E-state index is 11.7. The van der Waals surface area contributed by atoms with Gasteiger partial charge in [-0.3, -0.25) is 4.79 Å². The zero-order chi connectivity index (χ0) is 15.9. The summed E-state index contributed by atoms with van der Waals surface area (Å²) >= 11 is 7.38. The molecule has 0 aliphatic heterocycles. The van der Waals surface area contributed by atoms with Gasteiger partial charge in [0.05, 0.1) is 11.8 Å². The van der Waals surface area contributed by atoms with E-state index in [0.717, 1.165) is 11.2 Å². The Morgan fingerprint density at radius 3 is 2.57 bits per heavy atom. The number of carbonyl (C=O) groups excluding carboxylic acids is 1. The zero-order valence-corrected chi connectivity index (χ0v) is 14.1. The molecule has 0 saturated heterocycles. The predicted octanol–water partition coefficient (Wildman–Crippen LogP) is 1.31. The van der Waals surface area contributed by atoms with Crippen LogP contribution in [0, 0.1) is 0 Å². The van der Waals surface area contributed by atoms with Crippen molar-refractivity contribution in [2.45, 2.75) is 17.4 Å². The molecule has 0 fully saturated rings. The van der Waals surface area contributed by atoms with Gasteiger partial charge in [-0.05, 0) is 30.7 Å². The van der Waals surface area contributed by atoms with Gasteiger partial charge in [0, 0.05) is 28.5 Å². The van der Waals surface area contributed by atoms with Crippen LogP contribution >= 0.6 is 23.4 Å². The van der Waals surface area contributed by atoms with Crippen molar-refractivity contribution in [1.82, 2.24) is 5.32 Å². The van der Waals surface area contributed by atoms with Crippen molar-refractivity contribution in [3.05, 3.63) is 29.3 Å². The number of sulfone groups is 1. The van der Waals surface area contributed by atoms with Gasteiger partial charge < -0.3 is 11.1 Å². The van der Waals surface area contributed by atoms with Crippen molar-refractivity contribution in [2.75, 3.05) is 24.3 Å². The summed E-state index contributed by atoms with van der Waals surface area (Å²) in [4.78, 5) is 12.7. The van der Waals surface area contributed by atoms with Crippen molar-refractivity contribution in [3.8, 4) is 0 Å². The van der Waals surface area contributed by atoms with Crippen LogP contribution in [-0.4, -0.2) is 44.7 Å². The summed E-state index contributed by atoms with van der Waals surface area (Å²) in [5, 5.41) is 3.38. The van der Waals surface area contributed by atoms with E-state index in [4.69, 9.17) is 17.3 Å². The Kier molecular flexibility index (Phi) is 7.51. The highest BCUT2D eigenvalue weighted by Crippen LogP contribution is 2.19. The molecule has 8 heteroatoms. The quantitative estimate of drug-likeness (QED) is 0.545. The number of hydrogen-bond donors (Lipinski definition) is 2. The second kappa shape index (κ2) is 8.63. The molecule has 1 atom stereocenters. The third-order valence-corrected chi connectivity index (χ3v) is 4.86. The first-order valence-electron chi connectivity index (χ1n) is 6.37. The molecule has 1 rings (SSSR count). The molecule has 3 N–H and O–H groups in total. The fourth-order valence-corrected chi connectivity index (χ4v) is 3.05. The molecule has 0 aliphatic rings. The number of thioether (sulfide) groups is 1. The lowest BCUT2D eigenvalue weighted by Crippen LogP contribution is -2.42. The van der Waals surface area contributed by atoms with Crippen LogP contribution in [0.15, 0.2) is 29.2 Å². The average Bonchev–Trinajstić information content (AvgIpc) is 2.41. The normalized spacial score (nSPS) is 12.9. The van der Waals surface area contributed by atoms with Crippen molar-refractivity contribution in [1.29, 1.82) is 0 Å². The van der Waals surface area contributed by atoms with Crippen LogP contribution in [-0.2, 0) is 14.6 Å². The van der Waals surface area contributed by atoms with E-state index < -0.39 is 15.9 Å². The average molecular weight is 351 g/mol. The van der Waals surface area contributed by atoms with E-state index in [-0.39, 0.29) is 18.1 Å². The van der Waals surface area contributed by atoms with Gasteiger partial charge >= 0.3 is 0 Å². The molecule has 1 amide bonds. The maximum atomic E-state index is 11.7. The number of nitrogens with two attached hydrogens (primary N) is 1. The molecule has 0 aliphatic carbocycles. The molecule has 5 nitrogen and oxygen atoms in total. The molecule has 1 aromatic rings. The Bertz CT molecular complexity index is 561. The summed E-state index contributed by atoms with van der Waals surface area (Å²) in [5.74, 6) is 0.295. The topological polar surface area (TPSA) is 89.3 Å². The van der Waals surface area contributed by atoms with E-state index in [1.165, 1.54) is 0 Å². The number of nitrogens with one attached hydrogen (secondary N) is 1. The lowest BCUT2D eigenvalue weighted by Gasteiger charge is -2.11. The molecule has 1 unspecified atom stereocenters. The summed E-state index contributed by atoms with van der Waals surface area (Å²) in [6.45, 7) is 0.471. The number of rotatable bonds is 8. The molecule has 0 aromatic heterocycles. The Balaban J connectivity index is 2.22. The van der Waals surface area contributed by atoms with Gasteiger partial charge in [-0.15, -0.1) is 11.8 Å². The largest absolute Gasteiger partial charge is 0.354 e. The van der Waals surface area contributed by atoms with Crippen LogP contribution in [0.5, 0.6) is 0 Å². The number of halogens is 1. The fourth-order valence-electron chi connectivity index (χ4n) is 1.48.